The number of rotatable bonds is 5. The van der Waals surface area contributed by atoms with Gasteiger partial charge in [0.15, 0.2) is 0 Å². The van der Waals surface area contributed by atoms with E-state index in [-0.39, 0.29) is 5.54 Å². The third-order valence-corrected chi connectivity index (χ3v) is 3.12. The highest BCUT2D eigenvalue weighted by molar-refractivity contribution is 9.09. The Morgan fingerprint density at radius 2 is 2.00 bits per heavy atom. The standard InChI is InChI=1S/C7H16BrNO2S/c1-4-7(2,5-6-8)9-12(3,10)11/h9H,4-6H2,1-3H3. The van der Waals surface area contributed by atoms with Crippen LogP contribution < -0.4 is 4.72 Å². The maximum Gasteiger partial charge on any atom is 0.209 e. The molecule has 1 atom stereocenters. The lowest BCUT2D eigenvalue weighted by atomic mass is 9.98. The first kappa shape index (κ1) is 12.4. The summed E-state index contributed by atoms with van der Waals surface area (Å²) in [6, 6.07) is 0. The fourth-order valence-electron chi connectivity index (χ4n) is 0.956. The van der Waals surface area contributed by atoms with Crippen LogP contribution in [0, 0.1) is 0 Å². The molecule has 0 aromatic heterocycles. The van der Waals surface area contributed by atoms with Gasteiger partial charge < -0.3 is 0 Å². The Hall–Kier alpha value is 0.390. The highest BCUT2D eigenvalue weighted by atomic mass is 79.9. The van der Waals surface area contributed by atoms with Gasteiger partial charge in [-0.05, 0) is 19.8 Å². The van der Waals surface area contributed by atoms with Crippen LogP contribution in [0.3, 0.4) is 0 Å². The maximum atomic E-state index is 11.0. The lowest BCUT2D eigenvalue weighted by Crippen LogP contribution is -2.45. The van der Waals surface area contributed by atoms with Crippen LogP contribution in [0.4, 0.5) is 0 Å². The molecule has 0 radical (unpaired) electrons. The molecule has 0 aromatic rings. The van der Waals surface area contributed by atoms with Gasteiger partial charge in [-0.3, -0.25) is 0 Å². The third kappa shape index (κ3) is 5.11. The van der Waals surface area contributed by atoms with Gasteiger partial charge in [0, 0.05) is 10.9 Å². The number of nitrogens with one attached hydrogen (secondary N) is 1. The third-order valence-electron chi connectivity index (χ3n) is 1.86. The van der Waals surface area contributed by atoms with Gasteiger partial charge in [-0.25, -0.2) is 13.1 Å². The SMILES string of the molecule is CCC(C)(CCBr)NS(C)(=O)=O. The molecule has 0 amide bonds. The van der Waals surface area contributed by atoms with Crippen LogP contribution >= 0.6 is 15.9 Å². The summed E-state index contributed by atoms with van der Waals surface area (Å²) in [5.41, 5.74) is -0.308. The highest BCUT2D eigenvalue weighted by Gasteiger charge is 2.24. The summed E-state index contributed by atoms with van der Waals surface area (Å²) in [4.78, 5) is 0. The normalized spacial score (nSPS) is 17.3. The molecule has 0 bridgehead atoms. The van der Waals surface area contributed by atoms with Crippen molar-refractivity contribution in [1.29, 1.82) is 0 Å². The van der Waals surface area contributed by atoms with E-state index in [0.29, 0.717) is 0 Å². The molecule has 0 saturated heterocycles. The van der Waals surface area contributed by atoms with Crippen molar-refractivity contribution in [2.24, 2.45) is 0 Å². The van der Waals surface area contributed by atoms with Crippen molar-refractivity contribution in [2.75, 3.05) is 11.6 Å². The van der Waals surface area contributed by atoms with Crippen LogP contribution in [-0.4, -0.2) is 25.5 Å². The monoisotopic (exact) mass is 257 g/mol. The van der Waals surface area contributed by atoms with Crippen molar-refractivity contribution in [1.82, 2.24) is 4.72 Å². The Morgan fingerprint density at radius 1 is 1.50 bits per heavy atom. The first-order valence-electron chi connectivity index (χ1n) is 3.88. The van der Waals surface area contributed by atoms with Gasteiger partial charge in [-0.2, -0.15) is 0 Å². The maximum absolute atomic E-state index is 11.0. The van der Waals surface area contributed by atoms with Gasteiger partial charge in [0.05, 0.1) is 6.26 Å². The summed E-state index contributed by atoms with van der Waals surface area (Å²) >= 11 is 3.30. The molecule has 74 valence electrons. The molecule has 0 aliphatic heterocycles. The molecule has 0 heterocycles. The molecule has 1 unspecified atom stereocenters. The van der Waals surface area contributed by atoms with Gasteiger partial charge in [0.25, 0.3) is 0 Å². The van der Waals surface area contributed by atoms with Crippen molar-refractivity contribution in [2.45, 2.75) is 32.2 Å². The zero-order valence-electron chi connectivity index (χ0n) is 7.72. The minimum atomic E-state index is -3.09. The predicted octanol–water partition coefficient (Wildman–Crippen LogP) is 1.49. The first-order chi connectivity index (χ1) is 5.33. The van der Waals surface area contributed by atoms with Crippen molar-refractivity contribution in [3.05, 3.63) is 0 Å². The van der Waals surface area contributed by atoms with E-state index in [0.717, 1.165) is 18.2 Å². The van der Waals surface area contributed by atoms with Crippen LogP contribution in [0.15, 0.2) is 0 Å². The number of hydrogen-bond acceptors (Lipinski definition) is 2. The fraction of sp³-hybridized carbons (Fsp3) is 1.00. The van der Waals surface area contributed by atoms with Gasteiger partial charge in [-0.1, -0.05) is 22.9 Å². The Morgan fingerprint density at radius 3 is 2.25 bits per heavy atom. The lowest BCUT2D eigenvalue weighted by molar-refractivity contribution is 0.394. The Kier molecular flexibility index (Phi) is 4.73. The molecule has 3 nitrogen and oxygen atoms in total. The van der Waals surface area contributed by atoms with Crippen LogP contribution in [-0.2, 0) is 10.0 Å². The molecule has 1 N–H and O–H groups in total. The summed E-state index contributed by atoms with van der Waals surface area (Å²) in [7, 11) is -3.09. The van der Waals surface area contributed by atoms with Crippen molar-refractivity contribution in [3.8, 4) is 0 Å². The van der Waals surface area contributed by atoms with Gasteiger partial charge in [-0.15, -0.1) is 0 Å². The molecular weight excluding hydrogens is 242 g/mol. The quantitative estimate of drug-likeness (QED) is 0.759. The zero-order chi connectivity index (χ0) is 9.83. The number of alkyl halides is 1. The van der Waals surface area contributed by atoms with Crippen molar-refractivity contribution in [3.63, 3.8) is 0 Å². The lowest BCUT2D eigenvalue weighted by Gasteiger charge is -2.27. The predicted molar refractivity (Wildman–Crippen MR) is 55.1 cm³/mol. The molecule has 0 aliphatic rings. The highest BCUT2D eigenvalue weighted by Crippen LogP contribution is 2.16. The Bertz CT molecular complexity index is 228. The zero-order valence-corrected chi connectivity index (χ0v) is 10.1. The summed E-state index contributed by atoms with van der Waals surface area (Å²) < 4.78 is 24.5. The van der Waals surface area contributed by atoms with Crippen LogP contribution in [0.5, 0.6) is 0 Å². The fourth-order valence-corrected chi connectivity index (χ4v) is 2.97. The van der Waals surface area contributed by atoms with E-state index in [4.69, 9.17) is 0 Å². The Labute approximate surface area is 83.1 Å². The van der Waals surface area contributed by atoms with E-state index in [1.54, 1.807) is 0 Å². The molecular formula is C7H16BrNO2S. The average molecular weight is 258 g/mol. The van der Waals surface area contributed by atoms with E-state index >= 15 is 0 Å². The molecule has 0 spiro atoms. The van der Waals surface area contributed by atoms with Crippen molar-refractivity contribution >= 4 is 26.0 Å². The molecule has 0 saturated carbocycles. The van der Waals surface area contributed by atoms with Gasteiger partial charge in [0.1, 0.15) is 0 Å². The summed E-state index contributed by atoms with van der Waals surface area (Å²) in [5.74, 6) is 0. The Balaban J connectivity index is 4.34. The van der Waals surface area contributed by atoms with E-state index in [2.05, 4.69) is 20.7 Å². The second-order valence-corrected chi connectivity index (χ2v) is 5.77. The van der Waals surface area contributed by atoms with Crippen LogP contribution in [0.2, 0.25) is 0 Å². The average Bonchev–Trinajstić information content (AvgIpc) is 1.84. The second-order valence-electron chi connectivity index (χ2n) is 3.23. The summed E-state index contributed by atoms with van der Waals surface area (Å²) in [6.07, 6.45) is 2.79. The van der Waals surface area contributed by atoms with Crippen molar-refractivity contribution < 1.29 is 8.42 Å². The molecule has 12 heavy (non-hydrogen) atoms. The van der Waals surface area contributed by atoms with E-state index < -0.39 is 10.0 Å². The van der Waals surface area contributed by atoms with Gasteiger partial charge in [0.2, 0.25) is 10.0 Å². The largest absolute Gasteiger partial charge is 0.213 e. The molecule has 5 heteroatoms. The molecule has 0 aromatic carbocycles. The van der Waals surface area contributed by atoms with E-state index in [1.807, 2.05) is 13.8 Å². The van der Waals surface area contributed by atoms with E-state index in [1.165, 1.54) is 6.26 Å². The number of sulfonamides is 1. The summed E-state index contributed by atoms with van der Waals surface area (Å²) in [5, 5.41) is 0.805. The number of hydrogen-bond donors (Lipinski definition) is 1. The first-order valence-corrected chi connectivity index (χ1v) is 6.89. The molecule has 0 fully saturated rings. The van der Waals surface area contributed by atoms with E-state index in [9.17, 15) is 8.42 Å². The van der Waals surface area contributed by atoms with Crippen LogP contribution in [0.1, 0.15) is 26.7 Å². The van der Waals surface area contributed by atoms with Crippen LogP contribution in [0.25, 0.3) is 0 Å². The summed E-state index contributed by atoms with van der Waals surface area (Å²) in [6.45, 7) is 3.89. The minimum Gasteiger partial charge on any atom is -0.213 e. The molecule has 0 rings (SSSR count). The second kappa shape index (κ2) is 4.58. The number of halogens is 1. The minimum absolute atomic E-state index is 0.308. The smallest absolute Gasteiger partial charge is 0.209 e. The van der Waals surface area contributed by atoms with Gasteiger partial charge >= 0.3 is 0 Å². The topological polar surface area (TPSA) is 46.2 Å². The molecule has 0 aliphatic carbocycles.